The fraction of sp³-hybridized carbons (Fsp3) is 0.273. The van der Waals surface area contributed by atoms with Crippen molar-refractivity contribution in [2.75, 3.05) is 17.2 Å². The zero-order valence-electron chi connectivity index (χ0n) is 29.0. The minimum atomic E-state index is -0.302. The first-order valence-corrected chi connectivity index (χ1v) is 16.9. The molecule has 0 aliphatic carbocycles. The van der Waals surface area contributed by atoms with Gasteiger partial charge in [-0.2, -0.15) is 15.3 Å². The van der Waals surface area contributed by atoms with Gasteiger partial charge in [0.05, 0.1) is 28.1 Å². The number of halogens is 2. The van der Waals surface area contributed by atoms with Gasteiger partial charge in [-0.05, 0) is 89.9 Å². The van der Waals surface area contributed by atoms with Gasteiger partial charge in [0.1, 0.15) is 17.5 Å². The molecule has 0 atom stereocenters. The topological polar surface area (TPSA) is 189 Å². The molecule has 0 amide bonds. The highest BCUT2D eigenvalue weighted by atomic mass is 79.9. The smallest absolute Gasteiger partial charge is 0.399 e. The fourth-order valence-corrected chi connectivity index (χ4v) is 4.83. The largest absolute Gasteiger partial charge is 0.498 e. The number of aryl methyl sites for hydroxylation is 3. The SMILES string of the molecule is Cn1cc(-c2ccc(N)nc2)cn1.Cn1cc(-c2cnc(N)c(Br)c2)cn1.Cn1cc(B2OC(C)(C)C(C)(C)O2)cn1.Nc1ccc(Br)cn1. The molecular formula is C33H41BBr2N12O2. The Labute approximate surface area is 308 Å². The molecule has 1 aliphatic heterocycles. The van der Waals surface area contributed by atoms with Crippen LogP contribution in [-0.2, 0) is 30.5 Å². The summed E-state index contributed by atoms with van der Waals surface area (Å²) in [5.74, 6) is 1.58. The van der Waals surface area contributed by atoms with E-state index in [0.29, 0.717) is 17.5 Å². The monoisotopic (exact) mass is 806 g/mol. The Kier molecular flexibility index (Phi) is 12.6. The predicted octanol–water partition coefficient (Wildman–Crippen LogP) is 5.04. The molecule has 0 spiro atoms. The molecule has 0 bridgehead atoms. The van der Waals surface area contributed by atoms with E-state index < -0.39 is 0 Å². The third-order valence-electron chi connectivity index (χ3n) is 7.73. The van der Waals surface area contributed by atoms with Crippen LogP contribution in [0.1, 0.15) is 27.7 Å². The lowest BCUT2D eigenvalue weighted by molar-refractivity contribution is 0.00578. The Balaban J connectivity index is 0.000000153. The fourth-order valence-electron chi connectivity index (χ4n) is 4.25. The third kappa shape index (κ3) is 10.5. The minimum Gasteiger partial charge on any atom is -0.399 e. The number of nitrogens with two attached hydrogens (primary N) is 3. The lowest BCUT2D eigenvalue weighted by atomic mass is 9.82. The van der Waals surface area contributed by atoms with E-state index in [1.165, 1.54) is 0 Å². The van der Waals surface area contributed by atoms with E-state index in [1.807, 2.05) is 85.6 Å². The molecule has 50 heavy (non-hydrogen) atoms. The van der Waals surface area contributed by atoms with Crippen LogP contribution in [0.25, 0.3) is 22.3 Å². The van der Waals surface area contributed by atoms with E-state index in [4.69, 9.17) is 26.5 Å². The maximum Gasteiger partial charge on any atom is 0.498 e. The normalized spacial score (nSPS) is 14.1. The van der Waals surface area contributed by atoms with Gasteiger partial charge in [0.2, 0.25) is 0 Å². The highest BCUT2D eigenvalue weighted by molar-refractivity contribution is 9.10. The Bertz CT molecular complexity index is 1940. The summed E-state index contributed by atoms with van der Waals surface area (Å²) in [6.07, 6.45) is 16.3. The molecule has 6 N–H and O–H groups in total. The van der Waals surface area contributed by atoms with E-state index in [9.17, 15) is 0 Å². The molecule has 0 radical (unpaired) electrons. The van der Waals surface area contributed by atoms with Crippen molar-refractivity contribution in [2.24, 2.45) is 21.1 Å². The first kappa shape index (κ1) is 38.2. The lowest BCUT2D eigenvalue weighted by Gasteiger charge is -2.32. The molecule has 0 aromatic carbocycles. The second-order valence-electron chi connectivity index (χ2n) is 12.3. The number of hydrogen-bond acceptors (Lipinski definition) is 11. The van der Waals surface area contributed by atoms with E-state index in [0.717, 1.165) is 36.7 Å². The molecule has 6 aromatic rings. The molecular weight excluding hydrogens is 767 g/mol. The summed E-state index contributed by atoms with van der Waals surface area (Å²) in [6, 6.07) is 9.23. The van der Waals surface area contributed by atoms with Crippen molar-refractivity contribution >= 4 is 61.9 Å². The van der Waals surface area contributed by atoms with Crippen LogP contribution in [0.5, 0.6) is 0 Å². The summed E-state index contributed by atoms with van der Waals surface area (Å²) in [7, 11) is 5.34. The van der Waals surface area contributed by atoms with Gasteiger partial charge in [-0.25, -0.2) is 15.0 Å². The van der Waals surface area contributed by atoms with Crippen LogP contribution in [0.3, 0.4) is 0 Å². The quantitative estimate of drug-likeness (QED) is 0.203. The molecule has 7 rings (SSSR count). The van der Waals surface area contributed by atoms with Crippen molar-refractivity contribution in [1.82, 2.24) is 44.3 Å². The Morgan fingerprint density at radius 2 is 1.10 bits per heavy atom. The van der Waals surface area contributed by atoms with Crippen molar-refractivity contribution in [3.63, 3.8) is 0 Å². The molecule has 0 saturated carbocycles. The summed E-state index contributed by atoms with van der Waals surface area (Å²) in [6.45, 7) is 8.18. The van der Waals surface area contributed by atoms with Gasteiger partial charge in [-0.15, -0.1) is 0 Å². The molecule has 17 heteroatoms. The van der Waals surface area contributed by atoms with Gasteiger partial charge in [0.15, 0.2) is 0 Å². The van der Waals surface area contributed by atoms with Crippen LogP contribution in [0, 0.1) is 0 Å². The van der Waals surface area contributed by atoms with Gasteiger partial charge < -0.3 is 26.5 Å². The second kappa shape index (κ2) is 16.4. The third-order valence-corrected chi connectivity index (χ3v) is 8.84. The number of aromatic nitrogens is 9. The van der Waals surface area contributed by atoms with E-state index in [1.54, 1.807) is 63.4 Å². The van der Waals surface area contributed by atoms with Crippen LogP contribution >= 0.6 is 31.9 Å². The summed E-state index contributed by atoms with van der Waals surface area (Å²) in [5.41, 5.74) is 20.9. The van der Waals surface area contributed by atoms with Gasteiger partial charge >= 0.3 is 7.12 Å². The maximum absolute atomic E-state index is 5.89. The standard InChI is InChI=1S/C10H17BN2O2.C9H9BrN4.C9H10N4.C5H5BrN2/c1-9(2)10(3,4)15-11(14-9)8-6-12-13(5)7-8;1-14-5-7(4-13-14)6-2-8(10)9(11)12-3-6;1-13-6-8(5-12-13)7-2-3-9(10)11-4-7;6-4-1-2-5(7)8-3-4/h6-7H,1-5H3;2-5H,1H3,(H2,11,12);2-6H,1H3,(H2,10,11);1-3H,(H2,7,8). The molecule has 6 aromatic heterocycles. The van der Waals surface area contributed by atoms with E-state index in [-0.39, 0.29) is 18.3 Å². The number of pyridine rings is 3. The zero-order valence-corrected chi connectivity index (χ0v) is 32.2. The van der Waals surface area contributed by atoms with Crippen LogP contribution in [-0.4, -0.2) is 62.6 Å². The van der Waals surface area contributed by atoms with Gasteiger partial charge in [0.25, 0.3) is 0 Å². The summed E-state index contributed by atoms with van der Waals surface area (Å²) >= 11 is 6.56. The van der Waals surface area contributed by atoms with E-state index in [2.05, 4.69) is 62.1 Å². The van der Waals surface area contributed by atoms with E-state index >= 15 is 0 Å². The predicted molar refractivity (Wildman–Crippen MR) is 205 cm³/mol. The van der Waals surface area contributed by atoms with Crippen molar-refractivity contribution in [3.8, 4) is 22.3 Å². The molecule has 262 valence electrons. The first-order chi connectivity index (χ1) is 23.5. The average Bonchev–Trinajstić information content (AvgIpc) is 3.85. The van der Waals surface area contributed by atoms with Gasteiger partial charge in [-0.1, -0.05) is 0 Å². The van der Waals surface area contributed by atoms with Gasteiger partial charge in [-0.3, -0.25) is 14.0 Å². The maximum atomic E-state index is 5.89. The Morgan fingerprint density at radius 3 is 1.52 bits per heavy atom. The van der Waals surface area contributed by atoms with Crippen molar-refractivity contribution in [3.05, 3.63) is 95.0 Å². The van der Waals surface area contributed by atoms with Crippen LogP contribution < -0.4 is 22.7 Å². The van der Waals surface area contributed by atoms with Crippen LogP contribution in [0.2, 0.25) is 0 Å². The van der Waals surface area contributed by atoms with Crippen molar-refractivity contribution < 1.29 is 9.31 Å². The Morgan fingerprint density at radius 1 is 0.600 bits per heavy atom. The lowest BCUT2D eigenvalue weighted by Crippen LogP contribution is -2.41. The molecule has 1 saturated heterocycles. The number of hydrogen-bond donors (Lipinski definition) is 3. The first-order valence-electron chi connectivity index (χ1n) is 15.3. The minimum absolute atomic E-state index is 0.284. The summed E-state index contributed by atoms with van der Waals surface area (Å²) in [4.78, 5) is 11.9. The molecule has 1 fully saturated rings. The molecule has 0 unspecified atom stereocenters. The highest BCUT2D eigenvalue weighted by Gasteiger charge is 2.52. The summed E-state index contributed by atoms with van der Waals surface area (Å²) < 4.78 is 18.8. The molecule has 7 heterocycles. The highest BCUT2D eigenvalue weighted by Crippen LogP contribution is 2.36. The number of rotatable bonds is 3. The molecule has 1 aliphatic rings. The average molecular weight is 808 g/mol. The van der Waals surface area contributed by atoms with Crippen LogP contribution in [0.15, 0.2) is 95.0 Å². The molecule has 14 nitrogen and oxygen atoms in total. The van der Waals surface area contributed by atoms with Crippen molar-refractivity contribution in [2.45, 2.75) is 38.9 Å². The zero-order chi connectivity index (χ0) is 36.6. The van der Waals surface area contributed by atoms with Crippen molar-refractivity contribution in [1.29, 1.82) is 0 Å². The number of anilines is 3. The second-order valence-corrected chi connectivity index (χ2v) is 14.1. The summed E-state index contributed by atoms with van der Waals surface area (Å²) in [5, 5.41) is 12.3. The van der Waals surface area contributed by atoms with Crippen LogP contribution in [0.4, 0.5) is 17.5 Å². The number of nitrogens with zero attached hydrogens (tertiary/aromatic N) is 9. The number of nitrogen functional groups attached to an aromatic ring is 3. The van der Waals surface area contributed by atoms with Gasteiger partial charge in [0, 0.05) is 96.7 Å². The Hall–Kier alpha value is -4.58.